The Morgan fingerprint density at radius 2 is 2.11 bits per heavy atom. The second-order valence-electron chi connectivity index (χ2n) is 4.83. The highest BCUT2D eigenvalue weighted by atomic mass is 16.5. The second-order valence-corrected chi connectivity index (χ2v) is 4.83. The molecule has 0 amide bonds. The van der Waals surface area contributed by atoms with Crippen molar-refractivity contribution in [2.75, 3.05) is 7.11 Å². The summed E-state index contributed by atoms with van der Waals surface area (Å²) in [4.78, 5) is 0. The lowest BCUT2D eigenvalue weighted by Crippen LogP contribution is -2.41. The van der Waals surface area contributed by atoms with Crippen LogP contribution in [0, 0.1) is 0 Å². The number of phenolic OH excluding ortho intramolecular Hbond substituents is 1. The zero-order chi connectivity index (χ0) is 13.0. The number of benzene rings is 1. The van der Waals surface area contributed by atoms with Gasteiger partial charge in [-0.25, -0.2) is 0 Å². The monoisotopic (exact) mass is 251 g/mol. The van der Waals surface area contributed by atoms with E-state index in [1.54, 1.807) is 13.2 Å². The molecule has 1 fully saturated rings. The van der Waals surface area contributed by atoms with Gasteiger partial charge in [-0.2, -0.15) is 0 Å². The third-order valence-corrected chi connectivity index (χ3v) is 3.58. The fourth-order valence-corrected chi connectivity index (χ4v) is 2.41. The molecule has 1 aromatic carbocycles. The van der Waals surface area contributed by atoms with Crippen molar-refractivity contribution in [3.8, 4) is 11.5 Å². The standard InChI is InChI=1S/C14H21NO3/c1-18-11-7-6-10(14(17)8-11)9-15-12-4-2-3-5-13(12)16/h6-8,12-13,15-17H,2-5,9H2,1H3. The normalized spacial score (nSPS) is 23.9. The van der Waals surface area contributed by atoms with E-state index in [4.69, 9.17) is 4.74 Å². The summed E-state index contributed by atoms with van der Waals surface area (Å²) >= 11 is 0. The molecule has 0 saturated heterocycles. The molecule has 0 bridgehead atoms. The van der Waals surface area contributed by atoms with E-state index in [1.165, 1.54) is 0 Å². The van der Waals surface area contributed by atoms with Gasteiger partial charge in [-0.3, -0.25) is 0 Å². The highest BCUT2D eigenvalue weighted by molar-refractivity contribution is 5.39. The van der Waals surface area contributed by atoms with Crippen molar-refractivity contribution in [1.82, 2.24) is 5.32 Å². The Morgan fingerprint density at radius 3 is 2.78 bits per heavy atom. The van der Waals surface area contributed by atoms with Crippen molar-refractivity contribution < 1.29 is 14.9 Å². The Hall–Kier alpha value is -1.26. The molecule has 2 atom stereocenters. The molecule has 1 aromatic rings. The van der Waals surface area contributed by atoms with E-state index in [1.807, 2.05) is 12.1 Å². The third kappa shape index (κ3) is 3.15. The number of rotatable bonds is 4. The molecule has 1 saturated carbocycles. The van der Waals surface area contributed by atoms with E-state index in [0.29, 0.717) is 12.3 Å². The van der Waals surface area contributed by atoms with E-state index in [9.17, 15) is 10.2 Å². The fraction of sp³-hybridized carbons (Fsp3) is 0.571. The van der Waals surface area contributed by atoms with E-state index in [0.717, 1.165) is 31.2 Å². The summed E-state index contributed by atoms with van der Waals surface area (Å²) in [5.74, 6) is 0.876. The Balaban J connectivity index is 1.93. The van der Waals surface area contributed by atoms with Gasteiger partial charge in [0.25, 0.3) is 0 Å². The lowest BCUT2D eigenvalue weighted by atomic mass is 9.92. The molecular weight excluding hydrogens is 230 g/mol. The van der Waals surface area contributed by atoms with Crippen molar-refractivity contribution in [1.29, 1.82) is 0 Å². The van der Waals surface area contributed by atoms with Crippen molar-refractivity contribution >= 4 is 0 Å². The lowest BCUT2D eigenvalue weighted by molar-refractivity contribution is 0.0901. The van der Waals surface area contributed by atoms with E-state index in [-0.39, 0.29) is 17.9 Å². The van der Waals surface area contributed by atoms with Crippen molar-refractivity contribution in [2.24, 2.45) is 0 Å². The maximum absolute atomic E-state index is 9.85. The first-order valence-electron chi connectivity index (χ1n) is 6.48. The van der Waals surface area contributed by atoms with Gasteiger partial charge in [0.05, 0.1) is 13.2 Å². The summed E-state index contributed by atoms with van der Waals surface area (Å²) < 4.78 is 5.04. The van der Waals surface area contributed by atoms with Crippen LogP contribution in [0.1, 0.15) is 31.2 Å². The minimum atomic E-state index is -0.265. The number of aliphatic hydroxyl groups excluding tert-OH is 1. The molecule has 0 radical (unpaired) electrons. The number of hydrogen-bond donors (Lipinski definition) is 3. The van der Waals surface area contributed by atoms with Crippen molar-refractivity contribution in [3.05, 3.63) is 23.8 Å². The molecule has 18 heavy (non-hydrogen) atoms. The Labute approximate surface area is 108 Å². The summed E-state index contributed by atoms with van der Waals surface area (Å²) in [5, 5.41) is 23.0. The highest BCUT2D eigenvalue weighted by Gasteiger charge is 2.22. The molecule has 0 heterocycles. The van der Waals surface area contributed by atoms with Gasteiger partial charge < -0.3 is 20.3 Å². The first-order chi connectivity index (χ1) is 8.70. The van der Waals surface area contributed by atoms with Crippen LogP contribution in [-0.4, -0.2) is 29.5 Å². The van der Waals surface area contributed by atoms with Crippen LogP contribution in [0.25, 0.3) is 0 Å². The molecule has 2 unspecified atom stereocenters. The van der Waals surface area contributed by atoms with Crippen LogP contribution < -0.4 is 10.1 Å². The molecule has 0 spiro atoms. The van der Waals surface area contributed by atoms with Crippen molar-refractivity contribution in [3.63, 3.8) is 0 Å². The number of phenols is 1. The lowest BCUT2D eigenvalue weighted by Gasteiger charge is -2.28. The van der Waals surface area contributed by atoms with Gasteiger partial charge in [0, 0.05) is 24.2 Å². The van der Waals surface area contributed by atoms with E-state index in [2.05, 4.69) is 5.32 Å². The molecule has 4 heteroatoms. The number of hydrogen-bond acceptors (Lipinski definition) is 4. The van der Waals surface area contributed by atoms with Gasteiger partial charge in [0.2, 0.25) is 0 Å². The number of nitrogens with one attached hydrogen (secondary N) is 1. The fourth-order valence-electron chi connectivity index (χ4n) is 2.41. The van der Waals surface area contributed by atoms with Crippen LogP contribution in [0.2, 0.25) is 0 Å². The third-order valence-electron chi connectivity index (χ3n) is 3.58. The van der Waals surface area contributed by atoms with E-state index < -0.39 is 0 Å². The Kier molecular flexibility index (Phi) is 4.44. The van der Waals surface area contributed by atoms with Crippen LogP contribution in [0.15, 0.2) is 18.2 Å². The molecule has 3 N–H and O–H groups in total. The molecule has 0 aliphatic heterocycles. The Bertz CT molecular complexity index is 395. The van der Waals surface area contributed by atoms with Crippen LogP contribution in [0.4, 0.5) is 0 Å². The minimum Gasteiger partial charge on any atom is -0.507 e. The second kappa shape index (κ2) is 6.07. The van der Waals surface area contributed by atoms with Gasteiger partial charge in [0.1, 0.15) is 11.5 Å². The van der Waals surface area contributed by atoms with Gasteiger partial charge in [-0.05, 0) is 18.9 Å². The summed E-state index contributed by atoms with van der Waals surface area (Å²) in [6.45, 7) is 0.567. The summed E-state index contributed by atoms with van der Waals surface area (Å²) in [5.41, 5.74) is 0.827. The Morgan fingerprint density at radius 1 is 1.33 bits per heavy atom. The smallest absolute Gasteiger partial charge is 0.123 e. The quantitative estimate of drug-likeness (QED) is 0.763. The predicted molar refractivity (Wildman–Crippen MR) is 69.8 cm³/mol. The van der Waals surface area contributed by atoms with Crippen LogP contribution >= 0.6 is 0 Å². The van der Waals surface area contributed by atoms with Gasteiger partial charge in [-0.15, -0.1) is 0 Å². The SMILES string of the molecule is COc1ccc(CNC2CCCCC2O)c(O)c1. The number of aromatic hydroxyl groups is 1. The zero-order valence-corrected chi connectivity index (χ0v) is 10.7. The summed E-state index contributed by atoms with van der Waals surface area (Å²) in [6.07, 6.45) is 3.86. The largest absolute Gasteiger partial charge is 0.507 e. The first kappa shape index (κ1) is 13.2. The molecular formula is C14H21NO3. The molecule has 1 aliphatic rings. The van der Waals surface area contributed by atoms with E-state index >= 15 is 0 Å². The van der Waals surface area contributed by atoms with Gasteiger partial charge >= 0.3 is 0 Å². The molecule has 100 valence electrons. The number of aliphatic hydroxyl groups is 1. The topological polar surface area (TPSA) is 61.7 Å². The molecule has 1 aliphatic carbocycles. The molecule has 4 nitrogen and oxygen atoms in total. The average molecular weight is 251 g/mol. The molecule has 0 aromatic heterocycles. The maximum atomic E-state index is 9.85. The summed E-state index contributed by atoms with van der Waals surface area (Å²) in [6, 6.07) is 5.42. The van der Waals surface area contributed by atoms with Crippen LogP contribution in [0.5, 0.6) is 11.5 Å². The number of ether oxygens (including phenoxy) is 1. The highest BCUT2D eigenvalue weighted by Crippen LogP contribution is 2.24. The number of methoxy groups -OCH3 is 1. The first-order valence-corrected chi connectivity index (χ1v) is 6.48. The van der Waals surface area contributed by atoms with Crippen LogP contribution in [-0.2, 0) is 6.54 Å². The zero-order valence-electron chi connectivity index (χ0n) is 10.7. The predicted octanol–water partition coefficient (Wildman–Crippen LogP) is 1.79. The molecule has 2 rings (SSSR count). The maximum Gasteiger partial charge on any atom is 0.123 e. The van der Waals surface area contributed by atoms with Crippen molar-refractivity contribution in [2.45, 2.75) is 44.4 Å². The van der Waals surface area contributed by atoms with Gasteiger partial charge in [0.15, 0.2) is 0 Å². The van der Waals surface area contributed by atoms with Crippen LogP contribution in [0.3, 0.4) is 0 Å². The van der Waals surface area contributed by atoms with Gasteiger partial charge in [-0.1, -0.05) is 18.9 Å². The average Bonchev–Trinajstić information content (AvgIpc) is 2.39. The summed E-state index contributed by atoms with van der Waals surface area (Å²) in [7, 11) is 1.57. The minimum absolute atomic E-state index is 0.139.